The highest BCUT2D eigenvalue weighted by Gasteiger charge is 2.28. The summed E-state index contributed by atoms with van der Waals surface area (Å²) >= 11 is 0. The van der Waals surface area contributed by atoms with Crippen LogP contribution in [0.2, 0.25) is 0 Å². The van der Waals surface area contributed by atoms with E-state index >= 15 is 0 Å². The molecule has 33 heavy (non-hydrogen) atoms. The molecule has 2 heterocycles. The maximum atomic E-state index is 13.0. The van der Waals surface area contributed by atoms with Crippen LogP contribution in [-0.2, 0) is 6.54 Å². The van der Waals surface area contributed by atoms with Crippen LogP contribution in [0.25, 0.3) is 16.6 Å². The number of nitriles is 1. The number of amides is 1. The Labute approximate surface area is 187 Å². The summed E-state index contributed by atoms with van der Waals surface area (Å²) in [5, 5.41) is 21.0. The molecule has 0 radical (unpaired) electrons. The minimum absolute atomic E-state index is 0.0289. The lowest BCUT2D eigenvalue weighted by molar-refractivity contribution is -0.142. The summed E-state index contributed by atoms with van der Waals surface area (Å²) in [4.78, 5) is 13.0. The van der Waals surface area contributed by atoms with Crippen LogP contribution in [0.15, 0.2) is 55.0 Å². The van der Waals surface area contributed by atoms with Crippen molar-refractivity contribution in [3.63, 3.8) is 0 Å². The predicted molar refractivity (Wildman–Crippen MR) is 116 cm³/mol. The summed E-state index contributed by atoms with van der Waals surface area (Å²) < 4.78 is 40.2. The average Bonchev–Trinajstić information content (AvgIpc) is 3.38. The molecular formula is C23H19F3N6O. The third-order valence-electron chi connectivity index (χ3n) is 5.08. The highest BCUT2D eigenvalue weighted by atomic mass is 19.4. The van der Waals surface area contributed by atoms with E-state index in [1.165, 1.54) is 17.1 Å². The van der Waals surface area contributed by atoms with Gasteiger partial charge in [-0.05, 0) is 41.8 Å². The zero-order chi connectivity index (χ0) is 23.8. The smallest absolute Gasteiger partial charge is 0.322 e. The lowest BCUT2D eigenvalue weighted by Crippen LogP contribution is -2.17. The average molecular weight is 452 g/mol. The Balaban J connectivity index is 1.65. The van der Waals surface area contributed by atoms with Crippen LogP contribution >= 0.6 is 0 Å². The van der Waals surface area contributed by atoms with Crippen molar-refractivity contribution in [1.29, 1.82) is 5.26 Å². The van der Waals surface area contributed by atoms with Gasteiger partial charge in [0.1, 0.15) is 12.2 Å². The van der Waals surface area contributed by atoms with Crippen molar-refractivity contribution >= 4 is 22.5 Å². The van der Waals surface area contributed by atoms with Gasteiger partial charge in [0.15, 0.2) is 0 Å². The summed E-state index contributed by atoms with van der Waals surface area (Å²) in [7, 11) is 0. The van der Waals surface area contributed by atoms with Crippen molar-refractivity contribution in [2.75, 3.05) is 5.32 Å². The lowest BCUT2D eigenvalue weighted by atomic mass is 9.92. The van der Waals surface area contributed by atoms with E-state index < -0.39 is 12.7 Å². The van der Waals surface area contributed by atoms with Crippen LogP contribution < -0.4 is 5.32 Å². The first-order chi connectivity index (χ1) is 15.7. The zero-order valence-corrected chi connectivity index (χ0v) is 17.8. The number of carbonyl (C=O) groups is 1. The number of carbonyl (C=O) groups excluding carboxylic acids is 1. The quantitative estimate of drug-likeness (QED) is 0.460. The molecule has 0 bridgehead atoms. The molecule has 1 amide bonds. The summed E-state index contributed by atoms with van der Waals surface area (Å²) in [6.45, 7) is 2.63. The largest absolute Gasteiger partial charge is 0.408 e. The Bertz CT molecular complexity index is 1380. The number of alkyl halides is 3. The number of hydrogen-bond donors (Lipinski definition) is 1. The van der Waals surface area contributed by atoms with E-state index in [1.54, 1.807) is 42.6 Å². The molecule has 2 aromatic heterocycles. The predicted octanol–water partition coefficient (Wildman–Crippen LogP) is 5.03. The Morgan fingerprint density at radius 1 is 1.18 bits per heavy atom. The fourth-order valence-corrected chi connectivity index (χ4v) is 3.72. The van der Waals surface area contributed by atoms with Crippen LogP contribution in [0.4, 0.5) is 18.9 Å². The van der Waals surface area contributed by atoms with Gasteiger partial charge in [-0.2, -0.15) is 28.6 Å². The normalized spacial score (nSPS) is 11.7. The standard InChI is InChI=1S/C23H19F3N6O/c1-14(2)21-15(9-27)4-3-5-19(21)22(33)30-17-7-6-16-10-29-32(20(16)8-17)18-11-28-31(12-18)13-23(24,25)26/h3-8,10-12,14H,13H2,1-2H3,(H,30,33). The maximum absolute atomic E-state index is 13.0. The number of hydrogen-bond acceptors (Lipinski definition) is 4. The second kappa shape index (κ2) is 8.43. The van der Waals surface area contributed by atoms with Crippen molar-refractivity contribution in [2.24, 2.45) is 0 Å². The molecule has 1 N–H and O–H groups in total. The number of benzene rings is 2. The molecule has 0 aliphatic heterocycles. The second-order valence-corrected chi connectivity index (χ2v) is 7.83. The van der Waals surface area contributed by atoms with Gasteiger partial charge in [-0.15, -0.1) is 0 Å². The van der Waals surface area contributed by atoms with Crippen molar-refractivity contribution in [2.45, 2.75) is 32.5 Å². The van der Waals surface area contributed by atoms with Crippen LogP contribution in [0.5, 0.6) is 0 Å². The second-order valence-electron chi connectivity index (χ2n) is 7.83. The Kier molecular flexibility index (Phi) is 5.64. The van der Waals surface area contributed by atoms with Crippen LogP contribution in [0.1, 0.15) is 41.3 Å². The molecule has 0 aliphatic rings. The van der Waals surface area contributed by atoms with Gasteiger partial charge in [-0.1, -0.05) is 19.9 Å². The Morgan fingerprint density at radius 3 is 2.67 bits per heavy atom. The zero-order valence-electron chi connectivity index (χ0n) is 17.8. The monoisotopic (exact) mass is 452 g/mol. The number of anilines is 1. The maximum Gasteiger partial charge on any atom is 0.408 e. The van der Waals surface area contributed by atoms with E-state index in [0.29, 0.717) is 33.6 Å². The highest BCUT2D eigenvalue weighted by molar-refractivity contribution is 6.06. The van der Waals surface area contributed by atoms with Crippen LogP contribution in [0, 0.1) is 11.3 Å². The van der Waals surface area contributed by atoms with Gasteiger partial charge in [-0.25, -0.2) is 4.68 Å². The number of nitrogens with zero attached hydrogens (tertiary/aromatic N) is 5. The summed E-state index contributed by atoms with van der Waals surface area (Å²) in [5.41, 5.74) is 2.96. The van der Waals surface area contributed by atoms with Crippen molar-refractivity contribution < 1.29 is 18.0 Å². The van der Waals surface area contributed by atoms with E-state index in [9.17, 15) is 23.2 Å². The first-order valence-corrected chi connectivity index (χ1v) is 10.1. The van der Waals surface area contributed by atoms with Gasteiger partial charge >= 0.3 is 6.18 Å². The molecule has 2 aromatic carbocycles. The number of nitrogens with one attached hydrogen (secondary N) is 1. The Hall–Kier alpha value is -4.13. The molecule has 10 heteroatoms. The molecule has 0 atom stereocenters. The van der Waals surface area contributed by atoms with E-state index in [1.807, 2.05) is 13.8 Å². The fraction of sp³-hybridized carbons (Fsp3) is 0.217. The van der Waals surface area contributed by atoms with Crippen molar-refractivity contribution in [3.8, 4) is 11.8 Å². The van der Waals surface area contributed by atoms with Gasteiger partial charge in [0.25, 0.3) is 5.91 Å². The molecule has 4 rings (SSSR count). The van der Waals surface area contributed by atoms with Gasteiger partial charge in [-0.3, -0.25) is 9.48 Å². The van der Waals surface area contributed by atoms with Gasteiger partial charge in [0, 0.05) is 16.6 Å². The minimum Gasteiger partial charge on any atom is -0.322 e. The first kappa shape index (κ1) is 22.1. The molecule has 0 spiro atoms. The van der Waals surface area contributed by atoms with Gasteiger partial charge in [0.05, 0.1) is 35.7 Å². The van der Waals surface area contributed by atoms with Gasteiger partial charge in [0.2, 0.25) is 0 Å². The van der Waals surface area contributed by atoms with Gasteiger partial charge < -0.3 is 5.32 Å². The van der Waals surface area contributed by atoms with Crippen molar-refractivity contribution in [1.82, 2.24) is 19.6 Å². The molecule has 0 unspecified atom stereocenters. The van der Waals surface area contributed by atoms with Crippen LogP contribution in [-0.4, -0.2) is 31.6 Å². The summed E-state index contributed by atoms with van der Waals surface area (Å²) in [5.74, 6) is -0.391. The summed E-state index contributed by atoms with van der Waals surface area (Å²) in [6, 6.07) is 12.3. The molecule has 0 saturated heterocycles. The number of aromatic nitrogens is 4. The SMILES string of the molecule is CC(C)c1c(C#N)cccc1C(=O)Nc1ccc2cnn(-c3cnn(CC(F)(F)F)c3)c2c1. The van der Waals surface area contributed by atoms with Crippen LogP contribution in [0.3, 0.4) is 0 Å². The topological polar surface area (TPSA) is 88.5 Å². The third-order valence-corrected chi connectivity index (χ3v) is 5.08. The molecular weight excluding hydrogens is 433 g/mol. The van der Waals surface area contributed by atoms with E-state index in [-0.39, 0.29) is 11.8 Å². The molecule has 0 aliphatic carbocycles. The number of fused-ring (bicyclic) bond motifs is 1. The molecule has 4 aromatic rings. The first-order valence-electron chi connectivity index (χ1n) is 10.1. The molecule has 7 nitrogen and oxygen atoms in total. The summed E-state index contributed by atoms with van der Waals surface area (Å²) in [6.07, 6.45) is -0.251. The minimum atomic E-state index is -4.38. The van der Waals surface area contributed by atoms with E-state index in [0.717, 1.165) is 10.1 Å². The van der Waals surface area contributed by atoms with Crippen molar-refractivity contribution in [3.05, 3.63) is 71.7 Å². The number of halogens is 3. The van der Waals surface area contributed by atoms with E-state index in [2.05, 4.69) is 21.6 Å². The third kappa shape index (κ3) is 4.57. The van der Waals surface area contributed by atoms with E-state index in [4.69, 9.17) is 0 Å². The molecule has 168 valence electrons. The highest BCUT2D eigenvalue weighted by Crippen LogP contribution is 2.26. The molecule has 0 fully saturated rings. The fourth-order valence-electron chi connectivity index (χ4n) is 3.72. The Morgan fingerprint density at radius 2 is 1.97 bits per heavy atom. The molecule has 0 saturated carbocycles. The number of rotatable bonds is 5. The lowest BCUT2D eigenvalue weighted by Gasteiger charge is -2.14.